The Labute approximate surface area is 87.5 Å². The average molecular weight is 213 g/mol. The Morgan fingerprint density at radius 3 is 2.47 bits per heavy atom. The maximum atomic E-state index is 10.6. The Morgan fingerprint density at radius 2 is 2.13 bits per heavy atom. The molecule has 0 spiro atoms. The van der Waals surface area contributed by atoms with Crippen molar-refractivity contribution in [3.05, 3.63) is 11.7 Å². The summed E-state index contributed by atoms with van der Waals surface area (Å²) in [6, 6.07) is 0. The van der Waals surface area contributed by atoms with Crippen molar-refractivity contribution in [2.45, 2.75) is 32.1 Å². The highest BCUT2D eigenvalue weighted by Gasteiger charge is 2.33. The van der Waals surface area contributed by atoms with Crippen molar-refractivity contribution in [2.75, 3.05) is 6.54 Å². The van der Waals surface area contributed by atoms with Gasteiger partial charge in [-0.3, -0.25) is 0 Å². The SMILES string of the molecule is CCC(CC)(CN)c1nc(C(=O)O)no1. The first kappa shape index (κ1) is 11.6. The first-order valence-corrected chi connectivity index (χ1v) is 4.87. The standard InChI is InChI=1S/C9H15N3O3/c1-3-9(4-2,5-10)8-11-6(7(13)14)12-15-8/h3-5,10H2,1-2H3,(H,13,14). The molecule has 1 heterocycles. The van der Waals surface area contributed by atoms with E-state index in [1.54, 1.807) is 0 Å². The number of hydrogen-bond donors (Lipinski definition) is 2. The summed E-state index contributed by atoms with van der Waals surface area (Å²) in [5, 5.41) is 12.1. The lowest BCUT2D eigenvalue weighted by atomic mass is 9.82. The predicted octanol–water partition coefficient (Wildman–Crippen LogP) is 0.784. The van der Waals surface area contributed by atoms with E-state index in [0.29, 0.717) is 12.4 Å². The fraction of sp³-hybridized carbons (Fsp3) is 0.667. The van der Waals surface area contributed by atoms with Crippen LogP contribution in [0.3, 0.4) is 0 Å². The van der Waals surface area contributed by atoms with Gasteiger partial charge in [0.15, 0.2) is 0 Å². The zero-order chi connectivity index (χ0) is 11.5. The summed E-state index contributed by atoms with van der Waals surface area (Å²) in [4.78, 5) is 14.4. The summed E-state index contributed by atoms with van der Waals surface area (Å²) < 4.78 is 4.94. The van der Waals surface area contributed by atoms with Crippen LogP contribution in [-0.4, -0.2) is 27.8 Å². The molecule has 6 nitrogen and oxygen atoms in total. The quantitative estimate of drug-likeness (QED) is 0.749. The van der Waals surface area contributed by atoms with Gasteiger partial charge in [-0.05, 0) is 18.0 Å². The summed E-state index contributed by atoms with van der Waals surface area (Å²) in [5.41, 5.74) is 5.27. The molecule has 0 aliphatic carbocycles. The van der Waals surface area contributed by atoms with Gasteiger partial charge in [-0.15, -0.1) is 0 Å². The summed E-state index contributed by atoms with van der Waals surface area (Å²) >= 11 is 0. The molecule has 0 saturated heterocycles. The number of aromatic carboxylic acids is 1. The molecular formula is C9H15N3O3. The monoisotopic (exact) mass is 213 g/mol. The smallest absolute Gasteiger partial charge is 0.377 e. The number of carboxylic acid groups (broad SMARTS) is 1. The second kappa shape index (κ2) is 4.39. The molecule has 0 aliphatic rings. The van der Waals surface area contributed by atoms with Crippen LogP contribution in [0.15, 0.2) is 4.52 Å². The average Bonchev–Trinajstić information content (AvgIpc) is 2.71. The molecule has 84 valence electrons. The van der Waals surface area contributed by atoms with Crippen LogP contribution in [0.4, 0.5) is 0 Å². The van der Waals surface area contributed by atoms with Crippen LogP contribution in [0.5, 0.6) is 0 Å². The molecule has 1 aromatic heterocycles. The molecule has 0 fully saturated rings. The van der Waals surface area contributed by atoms with Gasteiger partial charge < -0.3 is 15.4 Å². The summed E-state index contributed by atoms with van der Waals surface area (Å²) in [6.45, 7) is 4.28. The lowest BCUT2D eigenvalue weighted by Crippen LogP contribution is -2.34. The van der Waals surface area contributed by atoms with Crippen LogP contribution in [0, 0.1) is 0 Å². The Hall–Kier alpha value is -1.43. The van der Waals surface area contributed by atoms with Crippen LogP contribution >= 0.6 is 0 Å². The zero-order valence-corrected chi connectivity index (χ0v) is 8.86. The fourth-order valence-corrected chi connectivity index (χ4v) is 1.45. The van der Waals surface area contributed by atoms with E-state index in [4.69, 9.17) is 15.4 Å². The molecule has 0 radical (unpaired) electrons. The number of rotatable bonds is 5. The van der Waals surface area contributed by atoms with Crippen molar-refractivity contribution in [1.82, 2.24) is 10.1 Å². The second-order valence-corrected chi connectivity index (χ2v) is 3.42. The van der Waals surface area contributed by atoms with Gasteiger partial charge in [0.25, 0.3) is 5.82 Å². The van der Waals surface area contributed by atoms with Crippen LogP contribution in [0.25, 0.3) is 0 Å². The summed E-state index contributed by atoms with van der Waals surface area (Å²) in [5.74, 6) is -1.19. The van der Waals surface area contributed by atoms with Crippen molar-refractivity contribution in [3.8, 4) is 0 Å². The van der Waals surface area contributed by atoms with Gasteiger partial charge in [-0.2, -0.15) is 4.98 Å². The van der Waals surface area contributed by atoms with E-state index in [1.165, 1.54) is 0 Å². The van der Waals surface area contributed by atoms with Gasteiger partial charge in [0.2, 0.25) is 5.89 Å². The normalized spacial score (nSPS) is 11.7. The molecule has 0 unspecified atom stereocenters. The number of carboxylic acids is 1. The van der Waals surface area contributed by atoms with Crippen molar-refractivity contribution in [3.63, 3.8) is 0 Å². The van der Waals surface area contributed by atoms with E-state index >= 15 is 0 Å². The Balaban J connectivity index is 3.07. The highest BCUT2D eigenvalue weighted by molar-refractivity contribution is 5.82. The number of carbonyl (C=O) groups is 1. The highest BCUT2D eigenvalue weighted by Crippen LogP contribution is 2.28. The topological polar surface area (TPSA) is 102 Å². The first-order chi connectivity index (χ1) is 7.09. The summed E-state index contributed by atoms with van der Waals surface area (Å²) in [7, 11) is 0. The fourth-order valence-electron chi connectivity index (χ4n) is 1.45. The van der Waals surface area contributed by atoms with Gasteiger partial charge in [-0.1, -0.05) is 13.8 Å². The molecule has 1 aromatic rings. The molecule has 0 aliphatic heterocycles. The largest absolute Gasteiger partial charge is 0.475 e. The van der Waals surface area contributed by atoms with Crippen LogP contribution in [0.1, 0.15) is 43.2 Å². The van der Waals surface area contributed by atoms with Crippen molar-refractivity contribution in [1.29, 1.82) is 0 Å². The predicted molar refractivity (Wildman–Crippen MR) is 52.6 cm³/mol. The van der Waals surface area contributed by atoms with Gasteiger partial charge in [-0.25, -0.2) is 4.79 Å². The molecule has 0 bridgehead atoms. The van der Waals surface area contributed by atoms with E-state index in [0.717, 1.165) is 12.8 Å². The van der Waals surface area contributed by atoms with Crippen molar-refractivity contribution >= 4 is 5.97 Å². The van der Waals surface area contributed by atoms with Crippen LogP contribution in [-0.2, 0) is 5.41 Å². The Bertz CT molecular complexity index is 336. The van der Waals surface area contributed by atoms with Gasteiger partial charge in [0, 0.05) is 6.54 Å². The van der Waals surface area contributed by atoms with Crippen LogP contribution in [0.2, 0.25) is 0 Å². The minimum Gasteiger partial charge on any atom is -0.475 e. The molecular weight excluding hydrogens is 198 g/mol. The van der Waals surface area contributed by atoms with Crippen molar-refractivity contribution < 1.29 is 14.4 Å². The highest BCUT2D eigenvalue weighted by atomic mass is 16.5. The van der Waals surface area contributed by atoms with Crippen LogP contribution < -0.4 is 5.73 Å². The molecule has 6 heteroatoms. The second-order valence-electron chi connectivity index (χ2n) is 3.42. The third-order valence-corrected chi connectivity index (χ3v) is 2.82. The van der Waals surface area contributed by atoms with Gasteiger partial charge in [0.1, 0.15) is 0 Å². The third kappa shape index (κ3) is 1.99. The number of nitrogens with zero attached hydrogens (tertiary/aromatic N) is 2. The molecule has 15 heavy (non-hydrogen) atoms. The molecule has 0 aromatic carbocycles. The molecule has 0 saturated carbocycles. The molecule has 0 atom stereocenters. The maximum Gasteiger partial charge on any atom is 0.377 e. The molecule has 3 N–H and O–H groups in total. The first-order valence-electron chi connectivity index (χ1n) is 4.87. The number of nitrogens with two attached hydrogens (primary N) is 1. The van der Waals surface area contributed by atoms with Crippen molar-refractivity contribution in [2.24, 2.45) is 5.73 Å². The molecule has 0 amide bonds. The van der Waals surface area contributed by atoms with E-state index in [2.05, 4.69) is 10.1 Å². The lowest BCUT2D eigenvalue weighted by molar-refractivity contribution is 0.0680. The minimum atomic E-state index is -1.19. The maximum absolute atomic E-state index is 10.6. The van der Waals surface area contributed by atoms with E-state index in [1.807, 2.05) is 13.8 Å². The lowest BCUT2D eigenvalue weighted by Gasteiger charge is -2.24. The number of aromatic nitrogens is 2. The Morgan fingerprint density at radius 1 is 1.53 bits per heavy atom. The minimum absolute atomic E-state index is 0.312. The molecule has 1 rings (SSSR count). The Kier molecular flexibility index (Phi) is 3.41. The summed E-state index contributed by atoms with van der Waals surface area (Å²) in [6.07, 6.45) is 1.47. The van der Waals surface area contributed by atoms with Gasteiger partial charge >= 0.3 is 5.97 Å². The zero-order valence-electron chi connectivity index (χ0n) is 8.86. The third-order valence-electron chi connectivity index (χ3n) is 2.82. The van der Waals surface area contributed by atoms with Gasteiger partial charge in [0.05, 0.1) is 5.41 Å². The van der Waals surface area contributed by atoms with E-state index < -0.39 is 11.4 Å². The van der Waals surface area contributed by atoms with E-state index in [9.17, 15) is 4.79 Å². The van der Waals surface area contributed by atoms with E-state index in [-0.39, 0.29) is 5.82 Å². The number of hydrogen-bond acceptors (Lipinski definition) is 5.